The van der Waals surface area contributed by atoms with Crippen molar-refractivity contribution in [2.75, 3.05) is 152 Å². The van der Waals surface area contributed by atoms with E-state index >= 15 is 0 Å². The average molecular weight is 638 g/mol. The van der Waals surface area contributed by atoms with Crippen LogP contribution in [0.25, 0.3) is 0 Å². The Balaban J connectivity index is 1.66. The first-order valence-electron chi connectivity index (χ1n) is 14.9. The third kappa shape index (κ3) is 25.3. The maximum absolute atomic E-state index is 11.7. The monoisotopic (exact) mass is 637 g/mol. The molecule has 0 bridgehead atoms. The first-order valence-corrected chi connectivity index (χ1v) is 14.9. The second-order valence-corrected chi connectivity index (χ2v) is 8.86. The molecule has 3 N–H and O–H groups in total. The van der Waals surface area contributed by atoms with Crippen molar-refractivity contribution in [3.05, 3.63) is 12.2 Å². The van der Waals surface area contributed by atoms with Gasteiger partial charge in [-0.05, 0) is 0 Å². The highest BCUT2D eigenvalue weighted by Gasteiger charge is 2.25. The van der Waals surface area contributed by atoms with Crippen LogP contribution in [0.4, 0.5) is 0 Å². The van der Waals surface area contributed by atoms with E-state index in [1.54, 1.807) is 0 Å². The molecule has 0 aromatic carbocycles. The fourth-order valence-corrected chi connectivity index (χ4v) is 3.21. The average Bonchev–Trinajstić information content (AvgIpc) is 3.33. The van der Waals surface area contributed by atoms with E-state index in [9.17, 15) is 14.4 Å². The van der Waals surface area contributed by atoms with Gasteiger partial charge in [-0.15, -0.1) is 0 Å². The van der Waals surface area contributed by atoms with Crippen LogP contribution in [-0.2, 0) is 61.8 Å². The Hall–Kier alpha value is -2.09. The highest BCUT2D eigenvalue weighted by atomic mass is 16.6. The van der Waals surface area contributed by atoms with Crippen LogP contribution in [0.5, 0.6) is 0 Å². The summed E-state index contributed by atoms with van der Waals surface area (Å²) < 4.78 is 53.9. The van der Waals surface area contributed by atoms with Crippen molar-refractivity contribution in [3.8, 4) is 0 Å². The fourth-order valence-electron chi connectivity index (χ4n) is 3.21. The second-order valence-electron chi connectivity index (χ2n) is 8.86. The van der Waals surface area contributed by atoms with Gasteiger partial charge in [-0.2, -0.15) is 0 Å². The van der Waals surface area contributed by atoms with Gasteiger partial charge >= 0.3 is 0 Å². The Labute approximate surface area is 259 Å². The summed E-state index contributed by atoms with van der Waals surface area (Å²) in [5.41, 5.74) is 5.32. The summed E-state index contributed by atoms with van der Waals surface area (Å²) in [6, 6.07) is 0. The minimum Gasteiger partial charge on any atom is -0.378 e. The molecule has 0 fully saturated rings. The molecule has 44 heavy (non-hydrogen) atoms. The van der Waals surface area contributed by atoms with Crippen LogP contribution in [0.1, 0.15) is 0 Å². The lowest BCUT2D eigenvalue weighted by Gasteiger charge is -2.13. The van der Waals surface area contributed by atoms with Crippen molar-refractivity contribution in [1.29, 1.82) is 0 Å². The number of carbonyl (C=O) groups is 3. The van der Waals surface area contributed by atoms with Gasteiger partial charge in [0.15, 0.2) is 0 Å². The van der Waals surface area contributed by atoms with Gasteiger partial charge in [-0.25, -0.2) is 0 Å². The molecule has 0 unspecified atom stereocenters. The smallest absolute Gasteiger partial charge is 0.254 e. The SMILES string of the molecule is NCCOCCOCCOCCOCCOCCOCCOCCOCCOCCOCCNC(=O)CN1C(=O)C=CC1=O. The number of imide groups is 1. The second kappa shape index (κ2) is 30.9. The van der Waals surface area contributed by atoms with Gasteiger partial charge < -0.3 is 58.4 Å². The van der Waals surface area contributed by atoms with Crippen LogP contribution in [0.15, 0.2) is 12.2 Å². The van der Waals surface area contributed by atoms with Crippen molar-refractivity contribution in [3.63, 3.8) is 0 Å². The molecule has 0 saturated carbocycles. The number of carbonyl (C=O) groups excluding carboxylic acids is 3. The largest absolute Gasteiger partial charge is 0.378 e. The lowest BCUT2D eigenvalue weighted by Crippen LogP contribution is -2.41. The van der Waals surface area contributed by atoms with E-state index in [2.05, 4.69) is 5.32 Å². The van der Waals surface area contributed by atoms with Crippen LogP contribution in [-0.4, -0.2) is 174 Å². The van der Waals surface area contributed by atoms with E-state index in [-0.39, 0.29) is 19.7 Å². The van der Waals surface area contributed by atoms with E-state index in [4.69, 9.17) is 53.1 Å². The molecule has 3 amide bonds. The molecule has 16 nitrogen and oxygen atoms in total. The quantitative estimate of drug-likeness (QED) is 0.0592. The van der Waals surface area contributed by atoms with E-state index < -0.39 is 17.7 Å². The summed E-state index contributed by atoms with van der Waals surface area (Å²) >= 11 is 0. The summed E-state index contributed by atoms with van der Waals surface area (Å²) in [5, 5.41) is 2.59. The summed E-state index contributed by atoms with van der Waals surface area (Å²) in [5.74, 6) is -1.41. The standard InChI is InChI=1S/C28H51N3O13/c29-3-5-35-7-9-37-11-13-39-15-17-41-19-21-43-23-24-44-22-20-42-18-16-40-14-12-38-10-8-36-6-4-30-26(32)25-31-27(33)1-2-28(31)34/h1-2H,3-25,29H2,(H,30,32). The van der Waals surface area contributed by atoms with E-state index in [0.29, 0.717) is 132 Å². The summed E-state index contributed by atoms with van der Waals surface area (Å²) in [6.45, 7) is 9.88. The van der Waals surface area contributed by atoms with Gasteiger partial charge in [0.25, 0.3) is 11.8 Å². The number of nitrogens with zero attached hydrogens (tertiary/aromatic N) is 1. The Morgan fingerprint density at radius 1 is 0.500 bits per heavy atom. The highest BCUT2D eigenvalue weighted by Crippen LogP contribution is 2.02. The van der Waals surface area contributed by atoms with Crippen LogP contribution in [0.3, 0.4) is 0 Å². The van der Waals surface area contributed by atoms with E-state index in [1.165, 1.54) is 0 Å². The number of ether oxygens (including phenoxy) is 10. The molecule has 0 atom stereocenters. The molecule has 0 saturated heterocycles. The molecular formula is C28H51N3O13. The summed E-state index contributed by atoms with van der Waals surface area (Å²) in [7, 11) is 0. The first-order chi connectivity index (χ1) is 21.6. The van der Waals surface area contributed by atoms with Crippen LogP contribution in [0, 0.1) is 0 Å². The molecule has 0 aromatic rings. The zero-order valence-electron chi connectivity index (χ0n) is 25.7. The maximum Gasteiger partial charge on any atom is 0.254 e. The molecule has 16 heteroatoms. The van der Waals surface area contributed by atoms with Crippen molar-refractivity contribution in [2.24, 2.45) is 5.73 Å². The summed E-state index contributed by atoms with van der Waals surface area (Å²) in [6.07, 6.45) is 2.27. The van der Waals surface area contributed by atoms with Crippen molar-refractivity contribution >= 4 is 17.7 Å². The Morgan fingerprint density at radius 2 is 0.773 bits per heavy atom. The fraction of sp³-hybridized carbons (Fsp3) is 0.821. The number of hydrogen-bond acceptors (Lipinski definition) is 14. The molecule has 0 radical (unpaired) electrons. The zero-order valence-corrected chi connectivity index (χ0v) is 25.7. The zero-order chi connectivity index (χ0) is 31.8. The topological polar surface area (TPSA) is 185 Å². The van der Waals surface area contributed by atoms with Gasteiger partial charge in [0.05, 0.1) is 132 Å². The summed E-state index contributed by atoms with van der Waals surface area (Å²) in [4.78, 5) is 35.4. The predicted octanol–water partition coefficient (Wildman–Crippen LogP) is -1.85. The van der Waals surface area contributed by atoms with Gasteiger partial charge in [-0.1, -0.05) is 0 Å². The molecule has 0 aromatic heterocycles. The van der Waals surface area contributed by atoms with E-state index in [1.807, 2.05) is 0 Å². The van der Waals surface area contributed by atoms with Gasteiger partial charge in [0, 0.05) is 25.2 Å². The Morgan fingerprint density at radius 3 is 1.07 bits per heavy atom. The number of rotatable bonds is 34. The Bertz CT molecular complexity index is 728. The van der Waals surface area contributed by atoms with Crippen molar-refractivity contribution < 1.29 is 61.8 Å². The molecule has 256 valence electrons. The van der Waals surface area contributed by atoms with Crippen LogP contribution in [0.2, 0.25) is 0 Å². The predicted molar refractivity (Wildman–Crippen MR) is 156 cm³/mol. The third-order valence-electron chi connectivity index (χ3n) is 5.38. The lowest BCUT2D eigenvalue weighted by molar-refractivity contribution is -0.141. The molecular weight excluding hydrogens is 586 g/mol. The van der Waals surface area contributed by atoms with E-state index in [0.717, 1.165) is 17.1 Å². The van der Waals surface area contributed by atoms with Gasteiger partial charge in [0.1, 0.15) is 6.54 Å². The first kappa shape index (κ1) is 39.9. The molecule has 1 aliphatic heterocycles. The molecule has 1 rings (SSSR count). The lowest BCUT2D eigenvalue weighted by atomic mass is 10.4. The minimum atomic E-state index is -0.490. The number of amides is 3. The molecule has 1 aliphatic rings. The normalized spacial score (nSPS) is 13.0. The Kier molecular flexibility index (Phi) is 28.1. The molecule has 0 spiro atoms. The third-order valence-corrected chi connectivity index (χ3v) is 5.38. The number of nitrogens with two attached hydrogens (primary N) is 1. The number of nitrogens with one attached hydrogen (secondary N) is 1. The maximum atomic E-state index is 11.7. The highest BCUT2D eigenvalue weighted by molar-refractivity contribution is 6.14. The van der Waals surface area contributed by atoms with Crippen molar-refractivity contribution in [2.45, 2.75) is 0 Å². The molecule has 1 heterocycles. The van der Waals surface area contributed by atoms with Crippen molar-refractivity contribution in [1.82, 2.24) is 10.2 Å². The number of hydrogen-bond donors (Lipinski definition) is 2. The minimum absolute atomic E-state index is 0.267. The molecule has 0 aliphatic carbocycles. The van der Waals surface area contributed by atoms with Crippen LogP contribution < -0.4 is 11.1 Å². The van der Waals surface area contributed by atoms with Crippen LogP contribution >= 0.6 is 0 Å². The van der Waals surface area contributed by atoms with Gasteiger partial charge in [-0.3, -0.25) is 19.3 Å². The van der Waals surface area contributed by atoms with Gasteiger partial charge in [0.2, 0.25) is 5.91 Å².